The van der Waals surface area contributed by atoms with Gasteiger partial charge in [0.2, 0.25) is 0 Å². The molecular formula is C11H22N2O. The maximum Gasteiger partial charge on any atom is 0.0620 e. The van der Waals surface area contributed by atoms with Crippen LogP contribution in [0.2, 0.25) is 0 Å². The number of hydrogen-bond acceptors (Lipinski definition) is 3. The highest BCUT2D eigenvalue weighted by Crippen LogP contribution is 2.10. The van der Waals surface area contributed by atoms with Crippen LogP contribution in [0.4, 0.5) is 0 Å². The van der Waals surface area contributed by atoms with Gasteiger partial charge in [-0.15, -0.1) is 0 Å². The Balaban J connectivity index is 1.60. The summed E-state index contributed by atoms with van der Waals surface area (Å²) >= 11 is 0. The number of ether oxygens (including phenoxy) is 1. The van der Waals surface area contributed by atoms with Gasteiger partial charge in [0.15, 0.2) is 0 Å². The van der Waals surface area contributed by atoms with Gasteiger partial charge in [-0.05, 0) is 38.9 Å². The van der Waals surface area contributed by atoms with E-state index in [0.29, 0.717) is 6.04 Å². The van der Waals surface area contributed by atoms with E-state index < -0.39 is 0 Å². The lowest BCUT2D eigenvalue weighted by Crippen LogP contribution is -2.43. The summed E-state index contributed by atoms with van der Waals surface area (Å²) in [6, 6.07) is 0.602. The molecule has 1 atom stereocenters. The molecule has 0 aromatic carbocycles. The van der Waals surface area contributed by atoms with Crippen molar-refractivity contribution < 1.29 is 4.74 Å². The molecule has 0 spiro atoms. The SMILES string of the molecule is C1CCN(CCC2COCCN2)CC1. The van der Waals surface area contributed by atoms with Crippen molar-refractivity contribution in [2.45, 2.75) is 31.7 Å². The van der Waals surface area contributed by atoms with Gasteiger partial charge in [-0.25, -0.2) is 0 Å². The molecule has 2 aliphatic rings. The Labute approximate surface area is 86.8 Å². The van der Waals surface area contributed by atoms with Crippen LogP contribution in [0.15, 0.2) is 0 Å². The highest BCUT2D eigenvalue weighted by atomic mass is 16.5. The highest BCUT2D eigenvalue weighted by Gasteiger charge is 2.15. The minimum absolute atomic E-state index is 0.602. The fraction of sp³-hybridized carbons (Fsp3) is 1.00. The van der Waals surface area contributed by atoms with Crippen molar-refractivity contribution in [1.29, 1.82) is 0 Å². The molecule has 3 heteroatoms. The lowest BCUT2D eigenvalue weighted by atomic mass is 10.1. The molecule has 1 unspecified atom stereocenters. The summed E-state index contributed by atoms with van der Waals surface area (Å²) in [5, 5.41) is 3.51. The zero-order chi connectivity index (χ0) is 9.64. The molecule has 0 aliphatic carbocycles. The summed E-state index contributed by atoms with van der Waals surface area (Å²) in [5.74, 6) is 0. The number of likely N-dealkylation sites (tertiary alicyclic amines) is 1. The van der Waals surface area contributed by atoms with Gasteiger partial charge in [0.25, 0.3) is 0 Å². The third-order valence-electron chi connectivity index (χ3n) is 3.24. The molecule has 2 saturated heterocycles. The standard InChI is InChI=1S/C11H22N2O/c1-2-6-13(7-3-1)8-4-11-10-14-9-5-12-11/h11-12H,1-10H2. The van der Waals surface area contributed by atoms with Crippen molar-refractivity contribution in [3.05, 3.63) is 0 Å². The van der Waals surface area contributed by atoms with Gasteiger partial charge in [-0.2, -0.15) is 0 Å². The predicted molar refractivity (Wildman–Crippen MR) is 57.5 cm³/mol. The van der Waals surface area contributed by atoms with Crippen molar-refractivity contribution in [3.63, 3.8) is 0 Å². The molecule has 82 valence electrons. The molecule has 0 radical (unpaired) electrons. The van der Waals surface area contributed by atoms with Crippen LogP contribution in [0.25, 0.3) is 0 Å². The number of nitrogens with one attached hydrogen (secondary N) is 1. The highest BCUT2D eigenvalue weighted by molar-refractivity contribution is 4.73. The first-order chi connectivity index (χ1) is 6.95. The lowest BCUT2D eigenvalue weighted by Gasteiger charge is -2.30. The van der Waals surface area contributed by atoms with Gasteiger partial charge in [0.05, 0.1) is 13.2 Å². The molecule has 0 bridgehead atoms. The summed E-state index contributed by atoms with van der Waals surface area (Å²) in [5.41, 5.74) is 0. The van der Waals surface area contributed by atoms with Crippen molar-refractivity contribution in [2.75, 3.05) is 39.4 Å². The Kier molecular flexibility index (Phi) is 4.22. The monoisotopic (exact) mass is 198 g/mol. The maximum absolute atomic E-state index is 5.44. The number of nitrogens with zero attached hydrogens (tertiary/aromatic N) is 1. The van der Waals surface area contributed by atoms with Crippen LogP contribution < -0.4 is 5.32 Å². The van der Waals surface area contributed by atoms with Gasteiger partial charge in [0, 0.05) is 12.6 Å². The van der Waals surface area contributed by atoms with E-state index >= 15 is 0 Å². The fourth-order valence-electron chi connectivity index (χ4n) is 2.33. The van der Waals surface area contributed by atoms with Crippen molar-refractivity contribution in [2.24, 2.45) is 0 Å². The van der Waals surface area contributed by atoms with Crippen LogP contribution in [-0.2, 0) is 4.74 Å². The average molecular weight is 198 g/mol. The number of morpholine rings is 1. The van der Waals surface area contributed by atoms with Gasteiger partial charge in [0.1, 0.15) is 0 Å². The van der Waals surface area contributed by atoms with Crippen LogP contribution >= 0.6 is 0 Å². The summed E-state index contributed by atoms with van der Waals surface area (Å²) < 4.78 is 5.44. The van der Waals surface area contributed by atoms with E-state index in [1.807, 2.05) is 0 Å². The molecule has 1 N–H and O–H groups in total. The number of hydrogen-bond donors (Lipinski definition) is 1. The second-order valence-corrected chi connectivity index (χ2v) is 4.42. The lowest BCUT2D eigenvalue weighted by molar-refractivity contribution is 0.0689. The van der Waals surface area contributed by atoms with Gasteiger partial charge in [-0.1, -0.05) is 6.42 Å². The smallest absolute Gasteiger partial charge is 0.0620 e. The molecule has 2 aliphatic heterocycles. The molecule has 2 heterocycles. The van der Waals surface area contributed by atoms with Crippen molar-refractivity contribution >= 4 is 0 Å². The molecular weight excluding hydrogens is 176 g/mol. The normalized spacial score (nSPS) is 30.4. The Bertz CT molecular complexity index is 133. The van der Waals surface area contributed by atoms with E-state index in [4.69, 9.17) is 4.74 Å². The van der Waals surface area contributed by atoms with E-state index in [2.05, 4.69) is 10.2 Å². The maximum atomic E-state index is 5.44. The van der Waals surface area contributed by atoms with Crippen LogP contribution in [-0.4, -0.2) is 50.3 Å². The predicted octanol–water partition coefficient (Wildman–Crippen LogP) is 0.851. The van der Waals surface area contributed by atoms with Crippen LogP contribution in [0.5, 0.6) is 0 Å². The summed E-state index contributed by atoms with van der Waals surface area (Å²) in [6.45, 7) is 6.71. The Morgan fingerprint density at radius 3 is 2.79 bits per heavy atom. The Morgan fingerprint density at radius 1 is 1.21 bits per heavy atom. The number of piperidine rings is 1. The summed E-state index contributed by atoms with van der Waals surface area (Å²) in [6.07, 6.45) is 5.48. The zero-order valence-corrected chi connectivity index (χ0v) is 9.00. The van der Waals surface area contributed by atoms with Crippen molar-refractivity contribution in [3.8, 4) is 0 Å². The summed E-state index contributed by atoms with van der Waals surface area (Å²) in [7, 11) is 0. The first-order valence-electron chi connectivity index (χ1n) is 5.98. The van der Waals surface area contributed by atoms with E-state index in [1.54, 1.807) is 0 Å². The zero-order valence-electron chi connectivity index (χ0n) is 9.00. The third-order valence-corrected chi connectivity index (χ3v) is 3.24. The average Bonchev–Trinajstić information content (AvgIpc) is 2.29. The first kappa shape index (κ1) is 10.4. The van der Waals surface area contributed by atoms with E-state index in [-0.39, 0.29) is 0 Å². The largest absolute Gasteiger partial charge is 0.379 e. The van der Waals surface area contributed by atoms with E-state index in [1.165, 1.54) is 45.3 Å². The molecule has 14 heavy (non-hydrogen) atoms. The van der Waals surface area contributed by atoms with Crippen LogP contribution in [0, 0.1) is 0 Å². The Morgan fingerprint density at radius 2 is 2.07 bits per heavy atom. The van der Waals surface area contributed by atoms with Gasteiger partial charge >= 0.3 is 0 Å². The van der Waals surface area contributed by atoms with Gasteiger partial charge in [-0.3, -0.25) is 0 Å². The molecule has 0 aromatic rings. The topological polar surface area (TPSA) is 24.5 Å². The first-order valence-corrected chi connectivity index (χ1v) is 5.98. The third kappa shape index (κ3) is 3.23. The minimum Gasteiger partial charge on any atom is -0.379 e. The molecule has 3 nitrogen and oxygen atoms in total. The molecule has 0 aromatic heterocycles. The molecule has 0 saturated carbocycles. The van der Waals surface area contributed by atoms with E-state index in [0.717, 1.165) is 19.8 Å². The minimum atomic E-state index is 0.602. The van der Waals surface area contributed by atoms with E-state index in [9.17, 15) is 0 Å². The summed E-state index contributed by atoms with van der Waals surface area (Å²) in [4.78, 5) is 2.60. The Hall–Kier alpha value is -0.120. The second-order valence-electron chi connectivity index (χ2n) is 4.42. The van der Waals surface area contributed by atoms with Crippen molar-refractivity contribution in [1.82, 2.24) is 10.2 Å². The van der Waals surface area contributed by atoms with Gasteiger partial charge < -0.3 is 15.0 Å². The molecule has 2 fully saturated rings. The fourth-order valence-corrected chi connectivity index (χ4v) is 2.33. The number of rotatable bonds is 3. The molecule has 0 amide bonds. The quantitative estimate of drug-likeness (QED) is 0.727. The van der Waals surface area contributed by atoms with Crippen LogP contribution in [0.1, 0.15) is 25.7 Å². The molecule has 2 rings (SSSR count). The van der Waals surface area contributed by atoms with Crippen LogP contribution in [0.3, 0.4) is 0 Å². The second kappa shape index (κ2) is 5.69.